The number of hydrogen-bond donors (Lipinski definition) is 3. The normalized spacial score (nSPS) is 27.7. The molecule has 1 rings (SSSR count). The van der Waals surface area contributed by atoms with Crippen LogP contribution in [0.3, 0.4) is 0 Å². The van der Waals surface area contributed by atoms with Crippen LogP contribution in [-0.4, -0.2) is 36.5 Å². The minimum atomic E-state index is 0.225. The largest absolute Gasteiger partial charge is 0.370 e. The summed E-state index contributed by atoms with van der Waals surface area (Å²) in [5, 5.41) is 10.9. The molecule has 82 valence electrons. The molecule has 0 radical (unpaired) electrons. The van der Waals surface area contributed by atoms with E-state index >= 15 is 0 Å². The van der Waals surface area contributed by atoms with Gasteiger partial charge in [0.05, 0.1) is 0 Å². The van der Waals surface area contributed by atoms with Crippen LogP contribution < -0.4 is 11.1 Å². The second-order valence-electron chi connectivity index (χ2n) is 3.97. The summed E-state index contributed by atoms with van der Waals surface area (Å²) in [5.74, 6) is 0.225. The van der Waals surface area contributed by atoms with E-state index in [0.717, 1.165) is 25.8 Å². The van der Waals surface area contributed by atoms with E-state index in [-0.39, 0.29) is 5.96 Å². The van der Waals surface area contributed by atoms with E-state index in [1.165, 1.54) is 6.42 Å². The molecule has 1 heterocycles. The van der Waals surface area contributed by atoms with Gasteiger partial charge in [0.2, 0.25) is 0 Å². The Kier molecular flexibility index (Phi) is 4.20. The molecular weight excluding hydrogens is 176 g/mol. The fourth-order valence-corrected chi connectivity index (χ4v) is 2.35. The molecule has 14 heavy (non-hydrogen) atoms. The van der Waals surface area contributed by atoms with E-state index in [0.29, 0.717) is 12.1 Å². The lowest BCUT2D eigenvalue weighted by molar-refractivity contribution is 0.178. The number of rotatable bonds is 3. The van der Waals surface area contributed by atoms with Crippen molar-refractivity contribution in [3.05, 3.63) is 0 Å². The predicted molar refractivity (Wildman–Crippen MR) is 59.4 cm³/mol. The average molecular weight is 198 g/mol. The molecule has 1 aliphatic heterocycles. The molecule has 2 unspecified atom stereocenters. The van der Waals surface area contributed by atoms with Crippen molar-refractivity contribution in [2.24, 2.45) is 5.73 Å². The molecule has 1 aliphatic rings. The summed E-state index contributed by atoms with van der Waals surface area (Å²) < 4.78 is 0. The zero-order chi connectivity index (χ0) is 10.6. The molecule has 0 aliphatic carbocycles. The number of guanidine groups is 1. The third-order valence-electron chi connectivity index (χ3n) is 3.04. The van der Waals surface area contributed by atoms with Gasteiger partial charge in [-0.25, -0.2) is 0 Å². The van der Waals surface area contributed by atoms with Crippen LogP contribution in [0.5, 0.6) is 0 Å². The van der Waals surface area contributed by atoms with Gasteiger partial charge in [-0.15, -0.1) is 0 Å². The van der Waals surface area contributed by atoms with E-state index in [1.54, 1.807) is 0 Å². The van der Waals surface area contributed by atoms with Crippen molar-refractivity contribution in [1.82, 2.24) is 10.2 Å². The average Bonchev–Trinajstić information content (AvgIpc) is 2.18. The topological polar surface area (TPSA) is 65.1 Å². The first kappa shape index (κ1) is 11.3. The van der Waals surface area contributed by atoms with Crippen LogP contribution >= 0.6 is 0 Å². The quantitative estimate of drug-likeness (QED) is 0.463. The number of hydrogen-bond acceptors (Lipinski definition) is 2. The highest BCUT2D eigenvalue weighted by molar-refractivity contribution is 5.75. The highest BCUT2D eigenvalue weighted by atomic mass is 15.3. The van der Waals surface area contributed by atoms with Gasteiger partial charge in [0.15, 0.2) is 5.96 Å². The predicted octanol–water partition coefficient (Wildman–Crippen LogP) is 0.732. The van der Waals surface area contributed by atoms with Crippen molar-refractivity contribution < 1.29 is 0 Å². The number of nitrogens with two attached hydrogens (primary N) is 1. The van der Waals surface area contributed by atoms with Crippen molar-refractivity contribution in [1.29, 1.82) is 5.41 Å². The van der Waals surface area contributed by atoms with Crippen molar-refractivity contribution in [2.45, 2.75) is 44.7 Å². The molecule has 4 nitrogen and oxygen atoms in total. The molecule has 2 atom stereocenters. The van der Waals surface area contributed by atoms with Gasteiger partial charge in [-0.1, -0.05) is 13.3 Å². The number of nitrogens with one attached hydrogen (secondary N) is 2. The van der Waals surface area contributed by atoms with Crippen molar-refractivity contribution in [2.75, 3.05) is 13.6 Å². The highest BCUT2D eigenvalue weighted by Crippen LogP contribution is 2.20. The summed E-state index contributed by atoms with van der Waals surface area (Å²) >= 11 is 0. The van der Waals surface area contributed by atoms with Crippen LogP contribution in [-0.2, 0) is 0 Å². The number of nitrogens with zero attached hydrogens (tertiary/aromatic N) is 1. The standard InChI is InChI=1S/C10H22N4/c1-3-5-9-8(13-2)6-4-7-14(9)10(11)12/h8-9,13H,3-7H2,1-2H3,(H3,11,12). The van der Waals surface area contributed by atoms with Crippen LogP contribution in [0.4, 0.5) is 0 Å². The molecule has 0 spiro atoms. The zero-order valence-corrected chi connectivity index (χ0v) is 9.21. The molecular formula is C10H22N4. The molecule has 4 heteroatoms. The van der Waals surface area contributed by atoms with E-state index in [1.807, 2.05) is 11.9 Å². The SMILES string of the molecule is CCCC1C(NC)CCCN1C(=N)N. The zero-order valence-electron chi connectivity index (χ0n) is 9.21. The second kappa shape index (κ2) is 5.20. The van der Waals surface area contributed by atoms with Gasteiger partial charge in [0.25, 0.3) is 0 Å². The highest BCUT2D eigenvalue weighted by Gasteiger charge is 2.30. The van der Waals surface area contributed by atoms with Gasteiger partial charge in [-0.05, 0) is 26.3 Å². The molecule has 1 saturated heterocycles. The van der Waals surface area contributed by atoms with E-state index in [4.69, 9.17) is 11.1 Å². The third kappa shape index (κ3) is 2.38. The van der Waals surface area contributed by atoms with Crippen LogP contribution in [0.1, 0.15) is 32.6 Å². The van der Waals surface area contributed by atoms with Gasteiger partial charge in [-0.3, -0.25) is 5.41 Å². The molecule has 0 aromatic rings. The lowest BCUT2D eigenvalue weighted by Gasteiger charge is -2.41. The van der Waals surface area contributed by atoms with E-state index in [9.17, 15) is 0 Å². The van der Waals surface area contributed by atoms with E-state index < -0.39 is 0 Å². The number of likely N-dealkylation sites (N-methyl/N-ethyl adjacent to an activating group) is 1. The minimum absolute atomic E-state index is 0.225. The fourth-order valence-electron chi connectivity index (χ4n) is 2.35. The van der Waals surface area contributed by atoms with Crippen molar-refractivity contribution >= 4 is 5.96 Å². The Morgan fingerprint density at radius 3 is 2.86 bits per heavy atom. The minimum Gasteiger partial charge on any atom is -0.370 e. The Balaban J connectivity index is 2.67. The summed E-state index contributed by atoms with van der Waals surface area (Å²) in [4.78, 5) is 2.04. The van der Waals surface area contributed by atoms with Gasteiger partial charge < -0.3 is 16.0 Å². The molecule has 4 N–H and O–H groups in total. The van der Waals surface area contributed by atoms with Crippen LogP contribution in [0.2, 0.25) is 0 Å². The molecule has 0 bridgehead atoms. The first-order valence-corrected chi connectivity index (χ1v) is 5.48. The maximum Gasteiger partial charge on any atom is 0.188 e. The first-order valence-electron chi connectivity index (χ1n) is 5.48. The third-order valence-corrected chi connectivity index (χ3v) is 3.04. The Morgan fingerprint density at radius 1 is 1.64 bits per heavy atom. The van der Waals surface area contributed by atoms with Crippen LogP contribution in [0, 0.1) is 5.41 Å². The molecule has 0 saturated carbocycles. The summed E-state index contributed by atoms with van der Waals surface area (Å²) in [6.45, 7) is 3.12. The monoisotopic (exact) mass is 198 g/mol. The van der Waals surface area contributed by atoms with Crippen LogP contribution in [0.25, 0.3) is 0 Å². The fraction of sp³-hybridized carbons (Fsp3) is 0.900. The van der Waals surface area contributed by atoms with Gasteiger partial charge in [-0.2, -0.15) is 0 Å². The maximum atomic E-state index is 7.54. The van der Waals surface area contributed by atoms with Crippen molar-refractivity contribution in [3.8, 4) is 0 Å². The van der Waals surface area contributed by atoms with Crippen LogP contribution in [0.15, 0.2) is 0 Å². The Bertz CT molecular complexity index is 193. The summed E-state index contributed by atoms with van der Waals surface area (Å²) in [5.41, 5.74) is 5.59. The summed E-state index contributed by atoms with van der Waals surface area (Å²) in [6, 6.07) is 0.906. The van der Waals surface area contributed by atoms with Gasteiger partial charge in [0.1, 0.15) is 0 Å². The number of likely N-dealkylation sites (tertiary alicyclic amines) is 1. The lowest BCUT2D eigenvalue weighted by atomic mass is 9.93. The smallest absolute Gasteiger partial charge is 0.188 e. The molecule has 1 fully saturated rings. The lowest BCUT2D eigenvalue weighted by Crippen LogP contribution is -2.56. The summed E-state index contributed by atoms with van der Waals surface area (Å²) in [7, 11) is 2.00. The van der Waals surface area contributed by atoms with Gasteiger partial charge in [0, 0.05) is 18.6 Å². The molecule has 0 amide bonds. The molecule has 0 aromatic heterocycles. The first-order chi connectivity index (χ1) is 6.70. The summed E-state index contributed by atoms with van der Waals surface area (Å²) in [6.07, 6.45) is 4.59. The Hall–Kier alpha value is -0.770. The number of piperidine rings is 1. The van der Waals surface area contributed by atoms with E-state index in [2.05, 4.69) is 12.2 Å². The molecule has 0 aromatic carbocycles. The van der Waals surface area contributed by atoms with Crippen molar-refractivity contribution in [3.63, 3.8) is 0 Å². The maximum absolute atomic E-state index is 7.54. The second-order valence-corrected chi connectivity index (χ2v) is 3.97. The van der Waals surface area contributed by atoms with Gasteiger partial charge >= 0.3 is 0 Å². The Morgan fingerprint density at radius 2 is 2.36 bits per heavy atom. The Labute approximate surface area is 86.4 Å².